The summed E-state index contributed by atoms with van der Waals surface area (Å²) < 4.78 is 45.8. The Bertz CT molecular complexity index is 1240. The fraction of sp³-hybridized carbons (Fsp3) is 0.0870. The zero-order valence-electron chi connectivity index (χ0n) is 16.2. The number of oxazole rings is 1. The molecule has 0 bridgehead atoms. The third-order valence-corrected chi connectivity index (χ3v) is 6.26. The van der Waals surface area contributed by atoms with E-state index in [0.717, 1.165) is 5.56 Å². The smallest absolute Gasteiger partial charge is 0.236 e. The molecule has 152 valence electrons. The SMILES string of the molecule is CN(Cc1ccccc1)c1oc(-c2ccc(F)cc2)nc1S(=O)(=O)c1ccccc1. The summed E-state index contributed by atoms with van der Waals surface area (Å²) in [6.07, 6.45) is 0. The first-order valence-corrected chi connectivity index (χ1v) is 10.8. The Kier molecular flexibility index (Phi) is 5.37. The van der Waals surface area contributed by atoms with Crippen LogP contribution in [0.4, 0.5) is 10.3 Å². The molecule has 4 aromatic rings. The Morgan fingerprint density at radius 3 is 2.13 bits per heavy atom. The molecule has 0 unspecified atom stereocenters. The minimum absolute atomic E-state index is 0.111. The zero-order valence-corrected chi connectivity index (χ0v) is 17.0. The highest BCUT2D eigenvalue weighted by atomic mass is 32.2. The molecule has 0 atom stereocenters. The van der Waals surface area contributed by atoms with E-state index >= 15 is 0 Å². The van der Waals surface area contributed by atoms with Crippen molar-refractivity contribution in [2.45, 2.75) is 16.5 Å². The summed E-state index contributed by atoms with van der Waals surface area (Å²) in [5.74, 6) is -0.162. The molecule has 0 amide bonds. The van der Waals surface area contributed by atoms with Crippen molar-refractivity contribution in [1.29, 1.82) is 0 Å². The number of hydrogen-bond acceptors (Lipinski definition) is 5. The molecular formula is C23H19FN2O3S. The maximum atomic E-state index is 13.3. The van der Waals surface area contributed by atoms with Gasteiger partial charge in [-0.15, -0.1) is 0 Å². The van der Waals surface area contributed by atoms with Crippen molar-refractivity contribution in [3.63, 3.8) is 0 Å². The molecule has 0 fully saturated rings. The van der Waals surface area contributed by atoms with Gasteiger partial charge in [-0.1, -0.05) is 48.5 Å². The van der Waals surface area contributed by atoms with Crippen LogP contribution in [-0.4, -0.2) is 20.4 Å². The van der Waals surface area contributed by atoms with E-state index in [4.69, 9.17) is 4.42 Å². The van der Waals surface area contributed by atoms with Gasteiger partial charge < -0.3 is 9.32 Å². The van der Waals surface area contributed by atoms with Crippen LogP contribution in [0.25, 0.3) is 11.5 Å². The molecule has 0 aliphatic rings. The Balaban J connectivity index is 1.81. The lowest BCUT2D eigenvalue weighted by molar-refractivity contribution is 0.553. The van der Waals surface area contributed by atoms with E-state index in [9.17, 15) is 12.8 Å². The third kappa shape index (κ3) is 3.97. The maximum Gasteiger partial charge on any atom is 0.236 e. The van der Waals surface area contributed by atoms with E-state index in [1.54, 1.807) is 30.1 Å². The fourth-order valence-corrected chi connectivity index (χ4v) is 4.44. The summed E-state index contributed by atoms with van der Waals surface area (Å²) in [4.78, 5) is 6.13. The second-order valence-electron chi connectivity index (χ2n) is 6.79. The number of sulfone groups is 1. The van der Waals surface area contributed by atoms with E-state index in [0.29, 0.717) is 12.1 Å². The summed E-state index contributed by atoms with van der Waals surface area (Å²) in [5.41, 5.74) is 1.48. The van der Waals surface area contributed by atoms with Gasteiger partial charge in [-0.2, -0.15) is 4.98 Å². The van der Waals surface area contributed by atoms with Crippen LogP contribution in [0, 0.1) is 5.82 Å². The van der Waals surface area contributed by atoms with Gasteiger partial charge in [0.2, 0.25) is 26.6 Å². The predicted molar refractivity (Wildman–Crippen MR) is 112 cm³/mol. The van der Waals surface area contributed by atoms with E-state index in [-0.39, 0.29) is 21.7 Å². The van der Waals surface area contributed by atoms with Gasteiger partial charge in [-0.25, -0.2) is 12.8 Å². The molecule has 1 aromatic heterocycles. The number of anilines is 1. The van der Waals surface area contributed by atoms with Crippen molar-refractivity contribution in [1.82, 2.24) is 4.98 Å². The standard InChI is InChI=1S/C23H19FN2O3S/c1-26(16-17-8-4-2-5-9-17)23-22(30(27,28)20-10-6-3-7-11-20)25-21(29-23)18-12-14-19(24)15-13-18/h2-15H,16H2,1H3. The summed E-state index contributed by atoms with van der Waals surface area (Å²) in [7, 11) is -2.18. The fourth-order valence-electron chi connectivity index (χ4n) is 3.07. The highest BCUT2D eigenvalue weighted by molar-refractivity contribution is 7.91. The molecule has 30 heavy (non-hydrogen) atoms. The minimum Gasteiger partial charge on any atom is -0.419 e. The van der Waals surface area contributed by atoms with E-state index in [1.165, 1.54) is 36.4 Å². The van der Waals surface area contributed by atoms with Crippen LogP contribution < -0.4 is 4.90 Å². The van der Waals surface area contributed by atoms with Crippen molar-refractivity contribution in [3.8, 4) is 11.5 Å². The molecule has 0 aliphatic carbocycles. The normalized spacial score (nSPS) is 11.4. The number of halogens is 1. The maximum absolute atomic E-state index is 13.3. The Morgan fingerprint density at radius 1 is 0.900 bits per heavy atom. The Labute approximate surface area is 174 Å². The summed E-state index contributed by atoms with van der Waals surface area (Å²) >= 11 is 0. The summed E-state index contributed by atoms with van der Waals surface area (Å²) in [6.45, 7) is 0.427. The first kappa shape index (κ1) is 19.8. The Morgan fingerprint density at radius 2 is 1.50 bits per heavy atom. The van der Waals surface area contributed by atoms with Crippen LogP contribution >= 0.6 is 0 Å². The molecule has 0 radical (unpaired) electrons. The van der Waals surface area contributed by atoms with Gasteiger partial charge in [0.05, 0.1) is 4.90 Å². The van der Waals surface area contributed by atoms with Crippen molar-refractivity contribution >= 4 is 15.7 Å². The first-order chi connectivity index (χ1) is 14.4. The van der Waals surface area contributed by atoms with Crippen molar-refractivity contribution < 1.29 is 17.2 Å². The number of aromatic nitrogens is 1. The van der Waals surface area contributed by atoms with Crippen LogP contribution in [0.15, 0.2) is 99.3 Å². The second kappa shape index (κ2) is 8.12. The lowest BCUT2D eigenvalue weighted by Gasteiger charge is -2.17. The van der Waals surface area contributed by atoms with Gasteiger partial charge in [0, 0.05) is 19.2 Å². The van der Waals surface area contributed by atoms with Crippen LogP contribution in [-0.2, 0) is 16.4 Å². The largest absolute Gasteiger partial charge is 0.419 e. The number of rotatable bonds is 6. The molecule has 7 heteroatoms. The Hall–Kier alpha value is -3.45. The lowest BCUT2D eigenvalue weighted by atomic mass is 10.2. The molecule has 4 rings (SSSR count). The topological polar surface area (TPSA) is 63.4 Å². The van der Waals surface area contributed by atoms with E-state index in [2.05, 4.69) is 4.98 Å². The quantitative estimate of drug-likeness (QED) is 0.440. The van der Waals surface area contributed by atoms with Crippen molar-refractivity contribution in [2.75, 3.05) is 11.9 Å². The van der Waals surface area contributed by atoms with E-state index in [1.807, 2.05) is 30.3 Å². The summed E-state index contributed by atoms with van der Waals surface area (Å²) in [5, 5.41) is -0.175. The molecule has 3 aromatic carbocycles. The van der Waals surface area contributed by atoms with Crippen LogP contribution in [0.5, 0.6) is 0 Å². The average molecular weight is 422 g/mol. The first-order valence-electron chi connectivity index (χ1n) is 9.27. The molecule has 5 nitrogen and oxygen atoms in total. The van der Waals surface area contributed by atoms with Gasteiger partial charge in [-0.3, -0.25) is 0 Å². The average Bonchev–Trinajstić information content (AvgIpc) is 3.22. The monoisotopic (exact) mass is 422 g/mol. The zero-order chi connectivity index (χ0) is 21.1. The predicted octanol–water partition coefficient (Wildman–Crippen LogP) is 4.95. The van der Waals surface area contributed by atoms with Crippen LogP contribution in [0.2, 0.25) is 0 Å². The number of nitrogens with zero attached hydrogens (tertiary/aromatic N) is 2. The molecule has 0 saturated carbocycles. The molecule has 0 spiro atoms. The third-order valence-electron chi connectivity index (χ3n) is 4.59. The summed E-state index contributed by atoms with van der Waals surface area (Å²) in [6, 6.07) is 23.3. The van der Waals surface area contributed by atoms with Gasteiger partial charge in [0.1, 0.15) is 5.82 Å². The van der Waals surface area contributed by atoms with Gasteiger partial charge in [0.25, 0.3) is 0 Å². The second-order valence-corrected chi connectivity index (χ2v) is 8.66. The molecule has 1 heterocycles. The van der Waals surface area contributed by atoms with Gasteiger partial charge in [0.15, 0.2) is 0 Å². The highest BCUT2D eigenvalue weighted by Gasteiger charge is 2.30. The van der Waals surface area contributed by atoms with Crippen molar-refractivity contribution in [3.05, 3.63) is 96.3 Å². The van der Waals surface area contributed by atoms with Crippen molar-refractivity contribution in [2.24, 2.45) is 0 Å². The highest BCUT2D eigenvalue weighted by Crippen LogP contribution is 2.34. The molecule has 0 N–H and O–H groups in total. The molecular weight excluding hydrogens is 403 g/mol. The molecule has 0 saturated heterocycles. The van der Waals surface area contributed by atoms with Crippen LogP contribution in [0.1, 0.15) is 5.56 Å². The van der Waals surface area contributed by atoms with Crippen LogP contribution in [0.3, 0.4) is 0 Å². The number of benzene rings is 3. The lowest BCUT2D eigenvalue weighted by Crippen LogP contribution is -2.18. The molecule has 0 aliphatic heterocycles. The van der Waals surface area contributed by atoms with Gasteiger partial charge >= 0.3 is 0 Å². The number of hydrogen-bond donors (Lipinski definition) is 0. The van der Waals surface area contributed by atoms with E-state index < -0.39 is 15.7 Å². The van der Waals surface area contributed by atoms with Gasteiger partial charge in [-0.05, 0) is 42.0 Å². The minimum atomic E-state index is -3.92.